The standard InChI is InChI=1S/C26H22F3N3O3/c27-26(28,29)20-8-3-10-22(15-20)31-25(35)19-7-2-9-21(14-19)30-24(34)18-6-1-5-17(13-18)16-32-12-4-11-23(32)33/h1-3,5-10,13-15H,4,11-12,16H2,(H,30,34)(H,31,35). The van der Waals surface area contributed by atoms with Crippen molar-refractivity contribution >= 4 is 29.1 Å². The van der Waals surface area contributed by atoms with Crippen molar-refractivity contribution in [3.8, 4) is 0 Å². The molecule has 0 spiro atoms. The molecule has 1 saturated heterocycles. The van der Waals surface area contributed by atoms with Crippen LogP contribution in [0.3, 0.4) is 0 Å². The monoisotopic (exact) mass is 481 g/mol. The predicted molar refractivity (Wildman–Crippen MR) is 125 cm³/mol. The molecule has 3 amide bonds. The summed E-state index contributed by atoms with van der Waals surface area (Å²) in [6, 6.07) is 17.4. The summed E-state index contributed by atoms with van der Waals surface area (Å²) in [5, 5.41) is 5.17. The highest BCUT2D eigenvalue weighted by Gasteiger charge is 2.30. The number of halogens is 3. The quantitative estimate of drug-likeness (QED) is 0.499. The zero-order valence-corrected chi connectivity index (χ0v) is 18.6. The number of anilines is 2. The van der Waals surface area contributed by atoms with Crippen molar-refractivity contribution in [2.45, 2.75) is 25.6 Å². The van der Waals surface area contributed by atoms with Gasteiger partial charge in [0, 0.05) is 42.0 Å². The first-order valence-corrected chi connectivity index (χ1v) is 11.0. The summed E-state index contributed by atoms with van der Waals surface area (Å²) in [6.45, 7) is 1.13. The smallest absolute Gasteiger partial charge is 0.338 e. The minimum Gasteiger partial charge on any atom is -0.338 e. The van der Waals surface area contributed by atoms with E-state index in [1.54, 1.807) is 35.2 Å². The lowest BCUT2D eigenvalue weighted by Crippen LogP contribution is -2.24. The number of amides is 3. The third kappa shape index (κ3) is 6.06. The molecule has 0 atom stereocenters. The van der Waals surface area contributed by atoms with Crippen LogP contribution in [-0.4, -0.2) is 29.2 Å². The van der Waals surface area contributed by atoms with Crippen LogP contribution in [0.2, 0.25) is 0 Å². The molecule has 3 aromatic rings. The Labute approximate surface area is 199 Å². The third-order valence-electron chi connectivity index (χ3n) is 5.56. The molecular weight excluding hydrogens is 459 g/mol. The van der Waals surface area contributed by atoms with Gasteiger partial charge in [-0.25, -0.2) is 0 Å². The average molecular weight is 481 g/mol. The highest BCUT2D eigenvalue weighted by atomic mass is 19.4. The minimum atomic E-state index is -4.52. The molecule has 1 fully saturated rings. The molecule has 0 aromatic heterocycles. The molecule has 0 radical (unpaired) electrons. The number of hydrogen-bond donors (Lipinski definition) is 2. The summed E-state index contributed by atoms with van der Waals surface area (Å²) >= 11 is 0. The molecule has 0 aliphatic carbocycles. The van der Waals surface area contributed by atoms with Crippen LogP contribution in [0.5, 0.6) is 0 Å². The second-order valence-electron chi connectivity index (χ2n) is 8.19. The minimum absolute atomic E-state index is 0.00700. The number of carbonyl (C=O) groups is 3. The Balaban J connectivity index is 1.43. The Morgan fingerprint density at radius 1 is 0.829 bits per heavy atom. The van der Waals surface area contributed by atoms with Gasteiger partial charge < -0.3 is 15.5 Å². The van der Waals surface area contributed by atoms with Crippen LogP contribution in [0.25, 0.3) is 0 Å². The number of nitrogens with zero attached hydrogens (tertiary/aromatic N) is 1. The number of likely N-dealkylation sites (tertiary alicyclic amines) is 1. The van der Waals surface area contributed by atoms with E-state index in [1.807, 2.05) is 6.07 Å². The zero-order valence-electron chi connectivity index (χ0n) is 18.6. The van der Waals surface area contributed by atoms with Gasteiger partial charge in [0.15, 0.2) is 0 Å². The molecule has 0 bridgehead atoms. The fourth-order valence-corrected chi connectivity index (χ4v) is 3.82. The lowest BCUT2D eigenvalue weighted by molar-refractivity contribution is -0.137. The molecular formula is C26H22F3N3O3. The first kappa shape index (κ1) is 24.0. The van der Waals surface area contributed by atoms with Gasteiger partial charge in [-0.15, -0.1) is 0 Å². The molecule has 0 saturated carbocycles. The van der Waals surface area contributed by atoms with E-state index in [-0.39, 0.29) is 17.2 Å². The van der Waals surface area contributed by atoms with Gasteiger partial charge in [-0.3, -0.25) is 14.4 Å². The van der Waals surface area contributed by atoms with Crippen LogP contribution in [0.1, 0.15) is 44.7 Å². The van der Waals surface area contributed by atoms with E-state index in [4.69, 9.17) is 0 Å². The third-order valence-corrected chi connectivity index (χ3v) is 5.56. The van der Waals surface area contributed by atoms with Crippen molar-refractivity contribution < 1.29 is 27.6 Å². The van der Waals surface area contributed by atoms with Crippen LogP contribution < -0.4 is 10.6 Å². The van der Waals surface area contributed by atoms with E-state index < -0.39 is 23.6 Å². The molecule has 3 aromatic carbocycles. The Morgan fingerprint density at radius 2 is 1.43 bits per heavy atom. The van der Waals surface area contributed by atoms with Gasteiger partial charge >= 0.3 is 6.18 Å². The maximum Gasteiger partial charge on any atom is 0.416 e. The number of hydrogen-bond acceptors (Lipinski definition) is 3. The second-order valence-corrected chi connectivity index (χ2v) is 8.19. The fraction of sp³-hybridized carbons (Fsp3) is 0.192. The summed E-state index contributed by atoms with van der Waals surface area (Å²) in [5.74, 6) is -0.909. The lowest BCUT2D eigenvalue weighted by atomic mass is 10.1. The number of alkyl halides is 3. The van der Waals surface area contributed by atoms with Gasteiger partial charge in [0.1, 0.15) is 0 Å². The Kier molecular flexibility index (Phi) is 6.86. The summed E-state index contributed by atoms with van der Waals surface area (Å²) < 4.78 is 38.7. The number of nitrogens with one attached hydrogen (secondary N) is 2. The molecule has 2 N–H and O–H groups in total. The maximum absolute atomic E-state index is 12.9. The summed E-state index contributed by atoms with van der Waals surface area (Å²) in [6.07, 6.45) is -3.15. The summed E-state index contributed by atoms with van der Waals surface area (Å²) in [5.41, 5.74) is 0.892. The van der Waals surface area contributed by atoms with Crippen LogP contribution in [0.15, 0.2) is 72.8 Å². The maximum atomic E-state index is 12.9. The van der Waals surface area contributed by atoms with E-state index in [9.17, 15) is 27.6 Å². The van der Waals surface area contributed by atoms with Crippen molar-refractivity contribution in [1.82, 2.24) is 4.90 Å². The zero-order chi connectivity index (χ0) is 25.0. The van der Waals surface area contributed by atoms with Crippen LogP contribution in [-0.2, 0) is 17.5 Å². The largest absolute Gasteiger partial charge is 0.416 e. The van der Waals surface area contributed by atoms with Crippen LogP contribution in [0, 0.1) is 0 Å². The number of benzene rings is 3. The SMILES string of the molecule is O=C(Nc1cccc(C(=O)Nc2cccc(C(F)(F)F)c2)c1)c1cccc(CN2CCCC2=O)c1. The molecule has 180 valence electrons. The van der Waals surface area contributed by atoms with Crippen LogP contribution >= 0.6 is 0 Å². The molecule has 1 aliphatic heterocycles. The Morgan fingerprint density at radius 3 is 2.06 bits per heavy atom. The van der Waals surface area contributed by atoms with Gasteiger partial charge in [-0.1, -0.05) is 24.3 Å². The van der Waals surface area contributed by atoms with Gasteiger partial charge in [0.2, 0.25) is 5.91 Å². The Hall–Kier alpha value is -4.14. The molecule has 35 heavy (non-hydrogen) atoms. The van der Waals surface area contributed by atoms with Gasteiger partial charge in [0.25, 0.3) is 11.8 Å². The number of rotatable bonds is 6. The fourth-order valence-electron chi connectivity index (χ4n) is 3.82. The van der Waals surface area contributed by atoms with E-state index in [1.165, 1.54) is 24.3 Å². The van der Waals surface area contributed by atoms with E-state index in [2.05, 4.69) is 10.6 Å². The highest BCUT2D eigenvalue weighted by Crippen LogP contribution is 2.30. The van der Waals surface area contributed by atoms with E-state index in [0.29, 0.717) is 30.8 Å². The summed E-state index contributed by atoms with van der Waals surface area (Å²) in [4.78, 5) is 39.0. The first-order valence-electron chi connectivity index (χ1n) is 11.0. The van der Waals surface area contributed by atoms with Crippen molar-refractivity contribution in [3.05, 3.63) is 95.1 Å². The topological polar surface area (TPSA) is 78.5 Å². The molecule has 0 unspecified atom stereocenters. The normalized spacial score (nSPS) is 13.6. The molecule has 4 rings (SSSR count). The van der Waals surface area contributed by atoms with Crippen molar-refractivity contribution in [1.29, 1.82) is 0 Å². The van der Waals surface area contributed by atoms with Crippen molar-refractivity contribution in [3.63, 3.8) is 0 Å². The number of carbonyl (C=O) groups excluding carboxylic acids is 3. The average Bonchev–Trinajstić information content (AvgIpc) is 3.23. The van der Waals surface area contributed by atoms with E-state index in [0.717, 1.165) is 24.1 Å². The van der Waals surface area contributed by atoms with Gasteiger partial charge in [-0.05, 0) is 60.5 Å². The molecule has 6 nitrogen and oxygen atoms in total. The highest BCUT2D eigenvalue weighted by molar-refractivity contribution is 6.07. The molecule has 1 aliphatic rings. The van der Waals surface area contributed by atoms with Gasteiger partial charge in [0.05, 0.1) is 5.56 Å². The lowest BCUT2D eigenvalue weighted by Gasteiger charge is -2.16. The predicted octanol–water partition coefficient (Wildman–Crippen LogP) is 5.33. The van der Waals surface area contributed by atoms with Crippen molar-refractivity contribution in [2.24, 2.45) is 0 Å². The second kappa shape index (κ2) is 10.0. The van der Waals surface area contributed by atoms with E-state index >= 15 is 0 Å². The Bertz CT molecular complexity index is 1270. The van der Waals surface area contributed by atoms with Gasteiger partial charge in [-0.2, -0.15) is 13.2 Å². The molecule has 1 heterocycles. The molecule has 9 heteroatoms. The summed E-state index contributed by atoms with van der Waals surface area (Å²) in [7, 11) is 0. The van der Waals surface area contributed by atoms with Crippen LogP contribution in [0.4, 0.5) is 24.5 Å². The first-order chi connectivity index (χ1) is 16.7. The van der Waals surface area contributed by atoms with Crippen molar-refractivity contribution in [2.75, 3.05) is 17.2 Å².